The van der Waals surface area contributed by atoms with Gasteiger partial charge in [-0.3, -0.25) is 0 Å². The van der Waals surface area contributed by atoms with E-state index in [1.54, 1.807) is 0 Å². The Kier molecular flexibility index (Phi) is 2.39. The van der Waals surface area contributed by atoms with Gasteiger partial charge in [0.05, 0.1) is 0 Å². The van der Waals surface area contributed by atoms with Gasteiger partial charge in [0.2, 0.25) is 0 Å². The molecule has 0 N–H and O–H groups in total. The second kappa shape index (κ2) is 3.42. The fourth-order valence-electron chi connectivity index (χ4n) is 1.96. The predicted molar refractivity (Wildman–Crippen MR) is 61.8 cm³/mol. The van der Waals surface area contributed by atoms with Crippen molar-refractivity contribution in [2.24, 2.45) is 0 Å². The maximum absolute atomic E-state index is 5.96. The van der Waals surface area contributed by atoms with Gasteiger partial charge in [0.1, 0.15) is 0 Å². The number of hydrogen-bond donors (Lipinski definition) is 0. The van der Waals surface area contributed by atoms with Gasteiger partial charge in [-0.1, -0.05) is 0 Å². The van der Waals surface area contributed by atoms with Crippen molar-refractivity contribution in [2.45, 2.75) is 19.8 Å². The molecule has 3 aliphatic rings. The molecule has 0 atom stereocenters. The van der Waals surface area contributed by atoms with Gasteiger partial charge in [-0.25, -0.2) is 0 Å². The molecule has 1 aromatic rings. The molecule has 4 rings (SSSR count). The van der Waals surface area contributed by atoms with Gasteiger partial charge in [-0.15, -0.1) is 0 Å². The number of benzene rings is 1. The first-order valence-electron chi connectivity index (χ1n) is 5.25. The molecule has 82 valence electrons. The van der Waals surface area contributed by atoms with Crippen molar-refractivity contribution >= 4 is 34.1 Å². The van der Waals surface area contributed by atoms with Crippen molar-refractivity contribution < 1.29 is 8.41 Å². The summed E-state index contributed by atoms with van der Waals surface area (Å²) in [6, 6.07) is 10.2. The van der Waals surface area contributed by atoms with E-state index < -0.39 is 28.8 Å². The summed E-state index contributed by atoms with van der Waals surface area (Å²) >= 11 is -2.01. The minimum absolute atomic E-state index is 0.937. The molecule has 3 fully saturated rings. The first-order chi connectivity index (χ1) is 7.27. The quantitative estimate of drug-likeness (QED) is 0.625. The Morgan fingerprint density at radius 3 is 2.27 bits per heavy atom. The van der Waals surface area contributed by atoms with Crippen LogP contribution in [-0.2, 0) is 8.41 Å². The number of hydrogen-bond acceptors (Lipinski definition) is 3. The molecule has 0 amide bonds. The van der Waals surface area contributed by atoms with Gasteiger partial charge in [0.15, 0.2) is 0 Å². The van der Waals surface area contributed by atoms with Gasteiger partial charge in [-0.2, -0.15) is 0 Å². The van der Waals surface area contributed by atoms with E-state index in [1.165, 1.54) is 0 Å². The van der Waals surface area contributed by atoms with Crippen LogP contribution < -0.4 is 5.30 Å². The third-order valence-electron chi connectivity index (χ3n) is 2.85. The predicted octanol–water partition coefficient (Wildman–Crippen LogP) is 2.47. The molecule has 1 aromatic carbocycles. The fraction of sp³-hybridized carbons (Fsp3) is 0.400. The SMILES string of the molecule is CCCCP12(c3ccccc3)[O][Sb]([O]1)[O]2. The molecule has 0 unspecified atom stereocenters. The third kappa shape index (κ3) is 1.34. The van der Waals surface area contributed by atoms with Crippen LogP contribution in [0.2, 0.25) is 0 Å². The number of unbranched alkanes of at least 4 members (excludes halogenated alkanes) is 1. The van der Waals surface area contributed by atoms with Gasteiger partial charge in [0, 0.05) is 0 Å². The molecular formula is C10H14O3PSb. The van der Waals surface area contributed by atoms with Gasteiger partial charge in [0.25, 0.3) is 0 Å². The van der Waals surface area contributed by atoms with Crippen LogP contribution in [0.4, 0.5) is 0 Å². The zero-order valence-corrected chi connectivity index (χ0v) is 12.1. The Bertz CT molecular complexity index is 364. The number of rotatable bonds is 4. The molecule has 0 spiro atoms. The normalized spacial score (nSPS) is 28.2. The molecular weight excluding hydrogens is 321 g/mol. The Morgan fingerprint density at radius 2 is 1.80 bits per heavy atom. The van der Waals surface area contributed by atoms with E-state index in [2.05, 4.69) is 19.1 Å². The van der Waals surface area contributed by atoms with Crippen LogP contribution in [0.5, 0.6) is 0 Å². The topological polar surface area (TPSA) is 27.7 Å². The van der Waals surface area contributed by atoms with Crippen LogP contribution in [-0.4, -0.2) is 27.6 Å². The van der Waals surface area contributed by atoms with Crippen molar-refractivity contribution in [3.63, 3.8) is 0 Å². The van der Waals surface area contributed by atoms with Crippen LogP contribution in [0, 0.1) is 0 Å². The van der Waals surface area contributed by atoms with E-state index in [1.807, 2.05) is 18.2 Å². The van der Waals surface area contributed by atoms with E-state index >= 15 is 0 Å². The zero-order chi connectivity index (χ0) is 10.4. The Balaban J connectivity index is 1.93. The first kappa shape index (κ1) is 10.5. The Labute approximate surface area is 98.5 Å². The van der Waals surface area contributed by atoms with Crippen LogP contribution in [0.3, 0.4) is 0 Å². The zero-order valence-electron chi connectivity index (χ0n) is 8.63. The summed E-state index contributed by atoms with van der Waals surface area (Å²) < 4.78 is 17.9. The van der Waals surface area contributed by atoms with Crippen molar-refractivity contribution in [3.8, 4) is 0 Å². The van der Waals surface area contributed by atoms with E-state index in [-0.39, 0.29) is 0 Å². The molecule has 0 aliphatic carbocycles. The molecule has 2 bridgehead atoms. The molecule has 3 saturated heterocycles. The third-order valence-corrected chi connectivity index (χ3v) is 18.5. The van der Waals surface area contributed by atoms with Crippen molar-refractivity contribution in [1.29, 1.82) is 0 Å². The first-order valence-corrected chi connectivity index (χ1v) is 10.6. The molecule has 5 heteroatoms. The van der Waals surface area contributed by atoms with Gasteiger partial charge >= 0.3 is 98.7 Å². The fourth-order valence-corrected chi connectivity index (χ4v) is 17.0. The molecule has 0 radical (unpaired) electrons. The molecule has 3 nitrogen and oxygen atoms in total. The summed E-state index contributed by atoms with van der Waals surface area (Å²) in [4.78, 5) is 0. The summed E-state index contributed by atoms with van der Waals surface area (Å²) in [7, 11) is -2.69. The molecule has 3 heterocycles. The van der Waals surface area contributed by atoms with Crippen molar-refractivity contribution in [3.05, 3.63) is 30.3 Å². The maximum atomic E-state index is 5.96. The monoisotopic (exact) mass is 334 g/mol. The standard InChI is InChI=1S/C10H14O3P.Sb/c1-2-3-9-14(11,12,13)10-7-5-4-6-8-10;/h4-8H,2-3,9H2,1H3;/q-3;+3. The van der Waals surface area contributed by atoms with E-state index in [9.17, 15) is 0 Å². The Hall–Kier alpha value is 0.348. The average Bonchev–Trinajstić information content (AvgIpc) is 2.16. The average molecular weight is 335 g/mol. The van der Waals surface area contributed by atoms with Gasteiger partial charge in [-0.05, 0) is 0 Å². The van der Waals surface area contributed by atoms with Crippen LogP contribution in [0.1, 0.15) is 19.8 Å². The van der Waals surface area contributed by atoms with Crippen LogP contribution in [0.25, 0.3) is 0 Å². The van der Waals surface area contributed by atoms with E-state index in [4.69, 9.17) is 8.41 Å². The van der Waals surface area contributed by atoms with Crippen LogP contribution in [0.15, 0.2) is 30.3 Å². The summed E-state index contributed by atoms with van der Waals surface area (Å²) in [5.41, 5.74) is 0. The van der Waals surface area contributed by atoms with Crippen LogP contribution >= 0.6 is 7.28 Å². The summed E-state index contributed by atoms with van der Waals surface area (Å²) in [6.07, 6.45) is 3.20. The summed E-state index contributed by atoms with van der Waals surface area (Å²) in [6.45, 7) is 2.18. The van der Waals surface area contributed by atoms with Crippen molar-refractivity contribution in [1.82, 2.24) is 0 Å². The second-order valence-electron chi connectivity index (χ2n) is 3.92. The van der Waals surface area contributed by atoms with E-state index in [0.29, 0.717) is 0 Å². The molecule has 0 saturated carbocycles. The molecule has 0 aromatic heterocycles. The van der Waals surface area contributed by atoms with E-state index in [0.717, 1.165) is 24.3 Å². The minimum atomic E-state index is -2.69. The Morgan fingerprint density at radius 1 is 1.13 bits per heavy atom. The molecule has 3 aliphatic heterocycles. The summed E-state index contributed by atoms with van der Waals surface area (Å²) in [5, 5.41) is 1.14. The second-order valence-corrected chi connectivity index (χ2v) is 12.9. The summed E-state index contributed by atoms with van der Waals surface area (Å²) in [5.74, 6) is 0. The van der Waals surface area contributed by atoms with Gasteiger partial charge < -0.3 is 0 Å². The van der Waals surface area contributed by atoms with Crippen molar-refractivity contribution in [2.75, 3.05) is 6.16 Å². The molecule has 15 heavy (non-hydrogen) atoms.